The first-order valence-corrected chi connectivity index (χ1v) is 8.57. The number of hydrogen-bond donors (Lipinski definition) is 1. The monoisotopic (exact) mass is 370 g/mol. The summed E-state index contributed by atoms with van der Waals surface area (Å²) in [6.07, 6.45) is 1.71. The van der Waals surface area contributed by atoms with Crippen molar-refractivity contribution >= 4 is 34.0 Å². The molecule has 3 aromatic rings. The summed E-state index contributed by atoms with van der Waals surface area (Å²) in [5.74, 6) is -0.249. The number of benzene rings is 2. The van der Waals surface area contributed by atoms with Gasteiger partial charge in [0, 0.05) is 46.9 Å². The fourth-order valence-corrected chi connectivity index (χ4v) is 2.89. The Morgan fingerprint density at radius 3 is 2.73 bits per heavy atom. The average molecular weight is 371 g/mol. The molecule has 0 saturated heterocycles. The van der Waals surface area contributed by atoms with Gasteiger partial charge in [0.1, 0.15) is 0 Å². The molecule has 1 N–H and O–H groups in total. The number of halogens is 1. The van der Waals surface area contributed by atoms with Gasteiger partial charge in [-0.3, -0.25) is 9.59 Å². The van der Waals surface area contributed by atoms with Gasteiger partial charge in [0.2, 0.25) is 0 Å². The van der Waals surface area contributed by atoms with Gasteiger partial charge in [0.25, 0.3) is 11.5 Å². The van der Waals surface area contributed by atoms with Crippen molar-refractivity contribution in [3.8, 4) is 0 Å². The number of methoxy groups -OCH3 is 1. The average Bonchev–Trinajstić information content (AvgIpc) is 2.64. The van der Waals surface area contributed by atoms with Crippen molar-refractivity contribution < 1.29 is 9.53 Å². The molecular formula is C20H19ClN2O3. The van der Waals surface area contributed by atoms with E-state index in [4.69, 9.17) is 16.3 Å². The number of aromatic nitrogens is 1. The fraction of sp³-hybridized carbons (Fsp3) is 0.200. The molecule has 0 aliphatic carbocycles. The first-order valence-electron chi connectivity index (χ1n) is 8.20. The van der Waals surface area contributed by atoms with Crippen LogP contribution in [0.15, 0.2) is 53.5 Å². The number of nitrogens with zero attached hydrogens (tertiary/aromatic N) is 1. The van der Waals surface area contributed by atoms with E-state index in [1.54, 1.807) is 54.3 Å². The van der Waals surface area contributed by atoms with Crippen LogP contribution in [0.5, 0.6) is 0 Å². The van der Waals surface area contributed by atoms with Crippen LogP contribution in [0.2, 0.25) is 5.02 Å². The molecule has 0 fully saturated rings. The van der Waals surface area contributed by atoms with Crippen molar-refractivity contribution in [3.63, 3.8) is 0 Å². The van der Waals surface area contributed by atoms with Crippen LogP contribution in [-0.2, 0) is 11.3 Å². The first-order chi connectivity index (χ1) is 12.5. The van der Waals surface area contributed by atoms with Crippen LogP contribution in [0.1, 0.15) is 15.9 Å². The van der Waals surface area contributed by atoms with Crippen molar-refractivity contribution in [1.82, 2.24) is 4.57 Å². The summed E-state index contributed by atoms with van der Waals surface area (Å²) in [6.45, 7) is 2.78. The predicted molar refractivity (Wildman–Crippen MR) is 104 cm³/mol. The number of pyridine rings is 1. The normalized spacial score (nSPS) is 10.9. The Balaban J connectivity index is 1.95. The van der Waals surface area contributed by atoms with Crippen molar-refractivity contribution in [2.24, 2.45) is 0 Å². The number of amides is 1. The molecule has 2 aromatic carbocycles. The standard InChI is InChI=1S/C20H19ClN2O3/c1-13-12-14(6-7-17(13)21)19(24)22-18-5-3-4-16-15(18)8-9-23(20(16)25)10-11-26-2/h3-9,12H,10-11H2,1-2H3,(H,22,24). The molecule has 0 aliphatic rings. The number of anilines is 1. The zero-order chi connectivity index (χ0) is 18.7. The van der Waals surface area contributed by atoms with E-state index in [2.05, 4.69) is 5.32 Å². The van der Waals surface area contributed by atoms with E-state index in [-0.39, 0.29) is 11.5 Å². The summed E-state index contributed by atoms with van der Waals surface area (Å²) in [5.41, 5.74) is 1.82. The third-order valence-corrected chi connectivity index (χ3v) is 4.65. The number of aryl methyl sites for hydroxylation is 1. The highest BCUT2D eigenvalue weighted by Gasteiger charge is 2.11. The maximum Gasteiger partial charge on any atom is 0.258 e. The number of hydrogen-bond acceptors (Lipinski definition) is 3. The van der Waals surface area contributed by atoms with Gasteiger partial charge in [-0.15, -0.1) is 0 Å². The minimum Gasteiger partial charge on any atom is -0.383 e. The third-order valence-electron chi connectivity index (χ3n) is 4.22. The lowest BCUT2D eigenvalue weighted by molar-refractivity contribution is 0.102. The van der Waals surface area contributed by atoms with Crippen molar-refractivity contribution in [1.29, 1.82) is 0 Å². The zero-order valence-electron chi connectivity index (χ0n) is 14.6. The molecule has 6 heteroatoms. The summed E-state index contributed by atoms with van der Waals surface area (Å²) in [4.78, 5) is 25.2. The maximum absolute atomic E-state index is 12.6. The second kappa shape index (κ2) is 7.72. The van der Waals surface area contributed by atoms with Crippen LogP contribution >= 0.6 is 11.6 Å². The van der Waals surface area contributed by atoms with Crippen molar-refractivity contribution in [2.75, 3.05) is 19.0 Å². The molecule has 26 heavy (non-hydrogen) atoms. The maximum atomic E-state index is 12.6. The molecule has 1 heterocycles. The zero-order valence-corrected chi connectivity index (χ0v) is 15.3. The topological polar surface area (TPSA) is 60.3 Å². The Morgan fingerprint density at radius 2 is 2.00 bits per heavy atom. The number of carbonyl (C=O) groups is 1. The molecule has 0 spiro atoms. The van der Waals surface area contributed by atoms with Gasteiger partial charge < -0.3 is 14.6 Å². The summed E-state index contributed by atoms with van der Waals surface area (Å²) in [5, 5.41) is 4.75. The first kappa shape index (κ1) is 18.2. The van der Waals surface area contributed by atoms with E-state index >= 15 is 0 Å². The van der Waals surface area contributed by atoms with E-state index in [0.29, 0.717) is 40.2 Å². The molecule has 0 atom stereocenters. The van der Waals surface area contributed by atoms with Crippen LogP contribution < -0.4 is 10.9 Å². The van der Waals surface area contributed by atoms with E-state index in [1.807, 2.05) is 13.0 Å². The molecular weight excluding hydrogens is 352 g/mol. The Kier molecular flexibility index (Phi) is 5.40. The lowest BCUT2D eigenvalue weighted by Gasteiger charge is -2.11. The minimum atomic E-state index is -0.249. The molecule has 0 aliphatic heterocycles. The van der Waals surface area contributed by atoms with Gasteiger partial charge in [-0.05, 0) is 48.9 Å². The summed E-state index contributed by atoms with van der Waals surface area (Å²) < 4.78 is 6.63. The van der Waals surface area contributed by atoms with E-state index in [9.17, 15) is 9.59 Å². The Morgan fingerprint density at radius 1 is 1.19 bits per heavy atom. The molecule has 0 bridgehead atoms. The number of ether oxygens (including phenoxy) is 1. The highest BCUT2D eigenvalue weighted by atomic mass is 35.5. The molecule has 134 valence electrons. The second-order valence-electron chi connectivity index (χ2n) is 5.99. The summed E-state index contributed by atoms with van der Waals surface area (Å²) in [6, 6.07) is 12.2. The highest BCUT2D eigenvalue weighted by molar-refractivity contribution is 6.31. The van der Waals surface area contributed by atoms with E-state index < -0.39 is 0 Å². The summed E-state index contributed by atoms with van der Waals surface area (Å²) >= 11 is 6.01. The summed E-state index contributed by atoms with van der Waals surface area (Å²) in [7, 11) is 1.60. The number of carbonyl (C=O) groups excluding carboxylic acids is 1. The van der Waals surface area contributed by atoms with Gasteiger partial charge >= 0.3 is 0 Å². The third kappa shape index (κ3) is 3.64. The van der Waals surface area contributed by atoms with Gasteiger partial charge in [0.05, 0.1) is 6.61 Å². The van der Waals surface area contributed by atoms with Gasteiger partial charge in [0.15, 0.2) is 0 Å². The van der Waals surface area contributed by atoms with Crippen molar-refractivity contribution in [2.45, 2.75) is 13.5 Å². The fourth-order valence-electron chi connectivity index (χ4n) is 2.77. The molecule has 0 radical (unpaired) electrons. The lowest BCUT2D eigenvalue weighted by atomic mass is 10.1. The number of rotatable bonds is 5. The van der Waals surface area contributed by atoms with Gasteiger partial charge in [-0.1, -0.05) is 17.7 Å². The minimum absolute atomic E-state index is 0.113. The molecule has 1 amide bonds. The lowest BCUT2D eigenvalue weighted by Crippen LogP contribution is -2.22. The number of nitrogens with one attached hydrogen (secondary N) is 1. The predicted octanol–water partition coefficient (Wildman–Crippen LogP) is 3.86. The molecule has 1 aromatic heterocycles. The second-order valence-corrected chi connectivity index (χ2v) is 6.40. The van der Waals surface area contributed by atoms with Crippen LogP contribution in [0, 0.1) is 6.92 Å². The van der Waals surface area contributed by atoms with Gasteiger partial charge in [-0.2, -0.15) is 0 Å². The van der Waals surface area contributed by atoms with Gasteiger partial charge in [-0.25, -0.2) is 0 Å². The quantitative estimate of drug-likeness (QED) is 0.741. The van der Waals surface area contributed by atoms with Crippen LogP contribution in [-0.4, -0.2) is 24.2 Å². The molecule has 3 rings (SSSR count). The number of fused-ring (bicyclic) bond motifs is 1. The highest BCUT2D eigenvalue weighted by Crippen LogP contribution is 2.22. The Labute approximate surface area is 156 Å². The van der Waals surface area contributed by atoms with E-state index in [0.717, 1.165) is 5.56 Å². The van der Waals surface area contributed by atoms with Crippen LogP contribution in [0.3, 0.4) is 0 Å². The van der Waals surface area contributed by atoms with Crippen LogP contribution in [0.25, 0.3) is 10.8 Å². The molecule has 5 nitrogen and oxygen atoms in total. The van der Waals surface area contributed by atoms with E-state index in [1.165, 1.54) is 0 Å². The molecule has 0 unspecified atom stereocenters. The molecule has 0 saturated carbocycles. The van der Waals surface area contributed by atoms with Crippen molar-refractivity contribution in [3.05, 3.63) is 75.2 Å². The smallest absolute Gasteiger partial charge is 0.258 e. The largest absolute Gasteiger partial charge is 0.383 e. The Hall–Kier alpha value is -2.63. The SMILES string of the molecule is COCCn1ccc2c(NC(=O)c3ccc(Cl)c(C)c3)cccc2c1=O. The van der Waals surface area contributed by atoms with Crippen LogP contribution in [0.4, 0.5) is 5.69 Å². The Bertz CT molecular complexity index is 1030.